The fourth-order valence-corrected chi connectivity index (χ4v) is 2.95. The molecule has 0 amide bonds. The molecular formula is C21H18O. The molecule has 0 unspecified atom stereocenters. The van der Waals surface area contributed by atoms with Gasteiger partial charge >= 0.3 is 0 Å². The second kappa shape index (κ2) is 5.69. The van der Waals surface area contributed by atoms with E-state index in [1.54, 1.807) is 0 Å². The molecule has 4 rings (SSSR count). The number of ether oxygens (including phenoxy) is 1. The molecule has 0 fully saturated rings. The van der Waals surface area contributed by atoms with Gasteiger partial charge in [-0.3, -0.25) is 0 Å². The molecule has 0 aromatic heterocycles. The summed E-state index contributed by atoms with van der Waals surface area (Å²) in [4.78, 5) is 0. The topological polar surface area (TPSA) is 9.23 Å². The summed E-state index contributed by atoms with van der Waals surface area (Å²) in [5.74, 6) is 0.994. The lowest BCUT2D eigenvalue weighted by Crippen LogP contribution is -2.02. The van der Waals surface area contributed by atoms with Crippen LogP contribution in [0.5, 0.6) is 5.75 Å². The maximum atomic E-state index is 6.15. The summed E-state index contributed by atoms with van der Waals surface area (Å²) in [6.45, 7) is 0.611. The summed E-state index contributed by atoms with van der Waals surface area (Å²) in [6.07, 6.45) is 4.64. The summed E-state index contributed by atoms with van der Waals surface area (Å²) in [5, 5.41) is 2.57. The Balaban J connectivity index is 1.73. The Morgan fingerprint density at radius 1 is 0.818 bits per heavy atom. The van der Waals surface area contributed by atoms with Gasteiger partial charge in [-0.2, -0.15) is 0 Å². The fraction of sp³-hybridized carbons (Fsp3) is 0.143. The first kappa shape index (κ1) is 13.1. The first-order valence-electron chi connectivity index (χ1n) is 7.80. The second-order valence-corrected chi connectivity index (χ2v) is 5.70. The standard InChI is InChI=1S/C21H18O/c1-2-7-16(8-3-1)15-22-20-14-13-17-9-4-5-12-19(17)21(20)18-10-6-11-18/h1-5,7-10,12-14H,6,11,15H2. The van der Waals surface area contributed by atoms with E-state index >= 15 is 0 Å². The molecule has 0 aliphatic heterocycles. The molecule has 1 aliphatic rings. The van der Waals surface area contributed by atoms with Gasteiger partial charge in [0.25, 0.3) is 0 Å². The minimum Gasteiger partial charge on any atom is -0.488 e. The molecule has 1 heteroatoms. The van der Waals surface area contributed by atoms with Crippen LogP contribution in [0.4, 0.5) is 0 Å². The van der Waals surface area contributed by atoms with Crippen molar-refractivity contribution in [1.82, 2.24) is 0 Å². The SMILES string of the molecule is C1=C(c2c(OCc3ccccc3)ccc3ccccc23)CC1. The number of hydrogen-bond acceptors (Lipinski definition) is 1. The Kier molecular flexibility index (Phi) is 3.40. The van der Waals surface area contributed by atoms with Crippen molar-refractivity contribution in [3.05, 3.63) is 83.9 Å². The van der Waals surface area contributed by atoms with Gasteiger partial charge in [-0.15, -0.1) is 0 Å². The normalized spacial score (nSPS) is 13.5. The van der Waals surface area contributed by atoms with E-state index in [1.165, 1.54) is 33.9 Å². The van der Waals surface area contributed by atoms with Crippen LogP contribution in [0.25, 0.3) is 16.3 Å². The van der Waals surface area contributed by atoms with Crippen LogP contribution in [-0.2, 0) is 6.61 Å². The van der Waals surface area contributed by atoms with Crippen molar-refractivity contribution >= 4 is 16.3 Å². The van der Waals surface area contributed by atoms with Gasteiger partial charge in [0.15, 0.2) is 0 Å². The van der Waals surface area contributed by atoms with Gasteiger partial charge in [0.1, 0.15) is 12.4 Å². The van der Waals surface area contributed by atoms with Crippen LogP contribution in [0.3, 0.4) is 0 Å². The highest BCUT2D eigenvalue weighted by molar-refractivity contribution is 5.97. The second-order valence-electron chi connectivity index (χ2n) is 5.70. The van der Waals surface area contributed by atoms with Gasteiger partial charge in [-0.25, -0.2) is 0 Å². The third-order valence-electron chi connectivity index (χ3n) is 4.25. The lowest BCUT2D eigenvalue weighted by atomic mass is 9.88. The minimum absolute atomic E-state index is 0.611. The van der Waals surface area contributed by atoms with E-state index in [4.69, 9.17) is 4.74 Å². The Bertz CT molecular complexity index is 831. The lowest BCUT2D eigenvalue weighted by Gasteiger charge is -2.21. The summed E-state index contributed by atoms with van der Waals surface area (Å²) in [5.41, 5.74) is 3.89. The smallest absolute Gasteiger partial charge is 0.127 e. The van der Waals surface area contributed by atoms with Crippen LogP contribution >= 0.6 is 0 Å². The molecule has 1 nitrogen and oxygen atoms in total. The first-order valence-corrected chi connectivity index (χ1v) is 7.80. The Morgan fingerprint density at radius 3 is 2.36 bits per heavy atom. The van der Waals surface area contributed by atoms with Crippen LogP contribution in [0.15, 0.2) is 72.8 Å². The predicted octanol–water partition coefficient (Wildman–Crippen LogP) is 5.60. The zero-order chi connectivity index (χ0) is 14.8. The third-order valence-corrected chi connectivity index (χ3v) is 4.25. The molecule has 0 N–H and O–H groups in total. The Hall–Kier alpha value is -2.54. The zero-order valence-corrected chi connectivity index (χ0v) is 12.5. The van der Waals surface area contributed by atoms with Gasteiger partial charge in [0.2, 0.25) is 0 Å². The molecule has 0 spiro atoms. The maximum absolute atomic E-state index is 6.15. The monoisotopic (exact) mass is 286 g/mol. The summed E-state index contributed by atoms with van der Waals surface area (Å²) in [7, 11) is 0. The molecular weight excluding hydrogens is 268 g/mol. The lowest BCUT2D eigenvalue weighted by molar-refractivity contribution is 0.305. The molecule has 108 valence electrons. The molecule has 3 aromatic carbocycles. The van der Waals surface area contributed by atoms with E-state index < -0.39 is 0 Å². The summed E-state index contributed by atoms with van der Waals surface area (Å²) in [6, 6.07) is 23.1. The average Bonchev–Trinajstić information content (AvgIpc) is 2.53. The van der Waals surface area contributed by atoms with Gasteiger partial charge in [-0.1, -0.05) is 66.7 Å². The van der Waals surface area contributed by atoms with E-state index in [2.05, 4.69) is 66.7 Å². The van der Waals surface area contributed by atoms with Crippen molar-refractivity contribution in [1.29, 1.82) is 0 Å². The van der Waals surface area contributed by atoms with Crippen molar-refractivity contribution in [2.45, 2.75) is 19.4 Å². The largest absolute Gasteiger partial charge is 0.488 e. The number of benzene rings is 3. The summed E-state index contributed by atoms with van der Waals surface area (Å²) >= 11 is 0. The highest BCUT2D eigenvalue weighted by Crippen LogP contribution is 2.40. The number of allylic oxidation sites excluding steroid dienone is 2. The molecule has 0 atom stereocenters. The van der Waals surface area contributed by atoms with Crippen molar-refractivity contribution < 1.29 is 4.74 Å². The molecule has 0 saturated heterocycles. The van der Waals surface area contributed by atoms with Crippen LogP contribution in [0, 0.1) is 0 Å². The number of hydrogen-bond donors (Lipinski definition) is 0. The molecule has 3 aromatic rings. The van der Waals surface area contributed by atoms with Crippen molar-refractivity contribution in [2.75, 3.05) is 0 Å². The van der Waals surface area contributed by atoms with Crippen LogP contribution in [0.1, 0.15) is 24.0 Å². The minimum atomic E-state index is 0.611. The summed E-state index contributed by atoms with van der Waals surface area (Å²) < 4.78 is 6.15. The van der Waals surface area contributed by atoms with E-state index in [9.17, 15) is 0 Å². The molecule has 1 aliphatic carbocycles. The van der Waals surface area contributed by atoms with Gasteiger partial charge < -0.3 is 4.74 Å². The molecule has 22 heavy (non-hydrogen) atoms. The van der Waals surface area contributed by atoms with E-state index in [1.807, 2.05) is 6.07 Å². The molecule has 0 saturated carbocycles. The fourth-order valence-electron chi connectivity index (χ4n) is 2.95. The van der Waals surface area contributed by atoms with E-state index in [-0.39, 0.29) is 0 Å². The first-order chi connectivity index (χ1) is 10.9. The number of rotatable bonds is 4. The van der Waals surface area contributed by atoms with Crippen LogP contribution in [0.2, 0.25) is 0 Å². The molecule has 0 heterocycles. The van der Waals surface area contributed by atoms with Gasteiger partial charge in [0.05, 0.1) is 0 Å². The molecule has 0 radical (unpaired) electrons. The van der Waals surface area contributed by atoms with Crippen LogP contribution in [-0.4, -0.2) is 0 Å². The Morgan fingerprint density at radius 2 is 1.59 bits per heavy atom. The van der Waals surface area contributed by atoms with Gasteiger partial charge in [0, 0.05) is 5.56 Å². The average molecular weight is 286 g/mol. The third kappa shape index (κ3) is 2.39. The highest BCUT2D eigenvalue weighted by Gasteiger charge is 2.17. The highest BCUT2D eigenvalue weighted by atomic mass is 16.5. The number of fused-ring (bicyclic) bond motifs is 1. The quantitative estimate of drug-likeness (QED) is 0.607. The van der Waals surface area contributed by atoms with E-state index in [0.717, 1.165) is 12.2 Å². The van der Waals surface area contributed by atoms with Crippen molar-refractivity contribution in [3.63, 3.8) is 0 Å². The van der Waals surface area contributed by atoms with Crippen molar-refractivity contribution in [2.24, 2.45) is 0 Å². The molecule has 0 bridgehead atoms. The zero-order valence-electron chi connectivity index (χ0n) is 12.5. The van der Waals surface area contributed by atoms with E-state index in [0.29, 0.717) is 6.61 Å². The van der Waals surface area contributed by atoms with Gasteiger partial charge in [-0.05, 0) is 40.8 Å². The predicted molar refractivity (Wildman–Crippen MR) is 91.9 cm³/mol. The Labute approximate surface area is 130 Å². The maximum Gasteiger partial charge on any atom is 0.127 e. The van der Waals surface area contributed by atoms with Crippen molar-refractivity contribution in [3.8, 4) is 5.75 Å². The van der Waals surface area contributed by atoms with Crippen LogP contribution < -0.4 is 4.74 Å².